The molecule has 0 amide bonds. The largest absolute Gasteiger partial charge is 0.506 e. The Kier molecular flexibility index (Phi) is 44.5. The summed E-state index contributed by atoms with van der Waals surface area (Å²) in [5.74, 6) is 3.25. The van der Waals surface area contributed by atoms with Crippen molar-refractivity contribution in [3.8, 4) is 39.5 Å². The molecule has 16 rings (SSSR count). The molecule has 17 heteroatoms. The van der Waals surface area contributed by atoms with Crippen molar-refractivity contribution in [3.63, 3.8) is 0 Å². The van der Waals surface area contributed by atoms with Gasteiger partial charge in [-0.2, -0.15) is 34.2 Å². The van der Waals surface area contributed by atoms with Gasteiger partial charge in [-0.3, -0.25) is 4.98 Å². The maximum absolute atomic E-state index is 11.0. The van der Waals surface area contributed by atoms with Gasteiger partial charge in [0.05, 0.1) is 8.95 Å². The van der Waals surface area contributed by atoms with E-state index in [9.17, 15) is 15.3 Å². The van der Waals surface area contributed by atoms with E-state index < -0.39 is 35.8 Å². The predicted octanol–water partition coefficient (Wildman–Crippen LogP) is 34.4. The molecule has 4 heterocycles. The van der Waals surface area contributed by atoms with E-state index in [4.69, 9.17) is 10.5 Å². The molecule has 0 aliphatic heterocycles. The normalized spacial score (nSPS) is 13.0. The van der Waals surface area contributed by atoms with Crippen LogP contribution in [0.15, 0.2) is 180 Å². The standard InChI is InChI=1S/2C21H22Br2O.2C12H17N.C9H7NO.C8H9N.3C6H8N.3C5H10.3Mo/c2*1-12-17(22)10-13-6-2-4-8-15(13)19(12)20-16-9-5-3-7-14(16)11-18(23)21(20)24;2*1-8(2)10-6-5-7-11(9(3)4)12(10)13;11-8-5-1-3-7-4-2-6-10-9(7)8;1-6-4-3-5-7(2)8(6)9;3*1-5-3-4-6(2)7-5;3*1-5(2,3)4;;;/h2*10-11,24H,2-9H2,1H3;2*5-9H,1-4H3;1-6,11H;3-5H,1-2H3;3*3-4H,1-2H3;3*1H,2-4H3;;;/q;;;;;;3*-1;;;;;;. The third-order valence-electron chi connectivity index (χ3n) is 23.5. The Hall–Kier alpha value is -6.60. The van der Waals surface area contributed by atoms with E-state index in [1.54, 1.807) is 18.3 Å². The van der Waals surface area contributed by atoms with Crippen molar-refractivity contribution in [1.82, 2.24) is 19.9 Å². The summed E-state index contributed by atoms with van der Waals surface area (Å²) in [4.78, 5) is 16.4. The number of fused-ring (bicyclic) bond motifs is 5. The molecule has 8 aromatic carbocycles. The van der Waals surface area contributed by atoms with Crippen LogP contribution in [-0.2, 0) is 105 Å². The number of aromatic hydroxyl groups is 3. The second kappa shape index (κ2) is 53.0. The molecule has 10 nitrogen and oxygen atoms in total. The van der Waals surface area contributed by atoms with Crippen LogP contribution in [0.4, 0.5) is 17.1 Å². The number of benzene rings is 8. The Bertz CT molecular complexity index is 5530. The summed E-state index contributed by atoms with van der Waals surface area (Å²) >= 11 is 13.6. The summed E-state index contributed by atoms with van der Waals surface area (Å²) in [5.41, 5.74) is 38.8. The number of halogens is 4. The van der Waals surface area contributed by atoms with E-state index in [1.165, 1.54) is 178 Å². The van der Waals surface area contributed by atoms with Crippen molar-refractivity contribution in [2.75, 3.05) is 0 Å². The van der Waals surface area contributed by atoms with Crippen LogP contribution in [-0.4, -0.2) is 33.5 Å². The van der Waals surface area contributed by atoms with Crippen LogP contribution in [0, 0.1) is 85.5 Å². The van der Waals surface area contributed by atoms with Crippen LogP contribution in [0.1, 0.15) is 316 Å². The van der Waals surface area contributed by atoms with Crippen LogP contribution in [0.2, 0.25) is 0 Å². The first-order chi connectivity index (χ1) is 62.7. The fourth-order valence-corrected chi connectivity index (χ4v) is 23.8. The molecule has 714 valence electrons. The van der Waals surface area contributed by atoms with E-state index in [0.29, 0.717) is 46.1 Å². The summed E-state index contributed by atoms with van der Waals surface area (Å²) < 4.78 is 26.0. The molecule has 4 aliphatic carbocycles. The minimum atomic E-state index is -0.415. The zero-order valence-corrected chi connectivity index (χ0v) is 96.9. The Labute approximate surface area is 857 Å². The van der Waals surface area contributed by atoms with Gasteiger partial charge in [0.15, 0.2) is 0 Å². The summed E-state index contributed by atoms with van der Waals surface area (Å²) in [6.07, 6.45) is 20.6. The second-order valence-electron chi connectivity index (χ2n) is 40.3. The van der Waals surface area contributed by atoms with Crippen LogP contribution < -0.4 is 15.0 Å². The molecule has 133 heavy (non-hydrogen) atoms. The summed E-state index contributed by atoms with van der Waals surface area (Å²) in [7, 11) is 0. The Morgan fingerprint density at radius 1 is 0.331 bits per heavy atom. The number of pyridine rings is 1. The van der Waals surface area contributed by atoms with Crippen molar-refractivity contribution in [3.05, 3.63) is 293 Å². The third kappa shape index (κ3) is 34.2. The average Bonchev–Trinajstić information content (AvgIpc) is 0.811. The molecule has 0 spiro atoms. The SMILES string of the molecule is CC(C)c1cccc(C(C)C)c1[N]=[Mo]=[CH]C(C)(C)C.CC(C)c1cccc(C(C)C)c1[N]=[Mo]=[CH]C(C)(C)C.Cc1c(Br)cc2c(c1-c1c(O)c(Br)cc3c1CCCC3)CCCC2.Cc1c(Br)cc2c(c1-c1c(O)c(Br)cc3c1CCCC3)CCCC2.Cc1ccc(C)[n-]1.Cc1ccc(C)[n-]1.Cc1ccc(C)[n-]1.Cc1cccc(C)c1[N]=[Mo]=[CH]C(C)(C)C.Oc1cccc2cccnc12. The first-order valence-electron chi connectivity index (χ1n) is 47.6. The third-order valence-corrected chi connectivity index (χ3v) is 34.5. The van der Waals surface area contributed by atoms with Gasteiger partial charge in [0.2, 0.25) is 0 Å². The minimum Gasteiger partial charge on any atom is -0.506 e. The van der Waals surface area contributed by atoms with Crippen molar-refractivity contribution in [2.45, 2.75) is 313 Å². The first-order valence-corrected chi connectivity index (χ1v) is 57.0. The molecule has 0 atom stereocenters. The first kappa shape index (κ1) is 112. The molecule has 0 radical (unpaired) electrons. The van der Waals surface area contributed by atoms with E-state index in [0.717, 1.165) is 111 Å². The van der Waals surface area contributed by atoms with Gasteiger partial charge in [-0.1, -0.05) is 128 Å². The number of phenols is 3. The van der Waals surface area contributed by atoms with Gasteiger partial charge >= 0.3 is 354 Å². The number of aromatic nitrogens is 4. The van der Waals surface area contributed by atoms with Crippen molar-refractivity contribution in [2.24, 2.45) is 26.7 Å². The van der Waals surface area contributed by atoms with Crippen molar-refractivity contribution < 1.29 is 69.1 Å². The summed E-state index contributed by atoms with van der Waals surface area (Å²) in [5, 5.41) is 32.2. The Morgan fingerprint density at radius 3 is 0.872 bits per heavy atom. The molecule has 4 aliphatic rings. The summed E-state index contributed by atoms with van der Waals surface area (Å²) in [6.45, 7) is 58.9. The van der Waals surface area contributed by atoms with Gasteiger partial charge in [0, 0.05) is 31.7 Å². The maximum atomic E-state index is 11.0. The summed E-state index contributed by atoms with van der Waals surface area (Å²) in [6, 6.07) is 49.7. The fraction of sp³-hybridized carbons (Fsp3) is 0.431. The monoisotopic (exact) mass is 2300 g/mol. The van der Waals surface area contributed by atoms with Gasteiger partial charge in [0.1, 0.15) is 22.8 Å². The number of hydrogen-bond acceptors (Lipinski definition) is 7. The van der Waals surface area contributed by atoms with Gasteiger partial charge in [-0.05, 0) is 252 Å². The molecular formula is C116H148Br4Mo3N7O3-3. The van der Waals surface area contributed by atoms with Gasteiger partial charge in [-0.25, -0.2) is 0 Å². The average molecular weight is 2300 g/mol. The maximum Gasteiger partial charge on any atom is 0.141 e. The number of rotatable bonds is 9. The van der Waals surface area contributed by atoms with Crippen LogP contribution in [0.3, 0.4) is 0 Å². The fourth-order valence-electron chi connectivity index (χ4n) is 16.7. The number of hydrogen-bond donors (Lipinski definition) is 3. The number of nitrogens with zero attached hydrogens (tertiary/aromatic N) is 7. The van der Waals surface area contributed by atoms with E-state index >= 15 is 0 Å². The van der Waals surface area contributed by atoms with Gasteiger partial charge in [0.25, 0.3) is 0 Å². The number of phenolic OH excluding ortho intramolecular Hbond substituents is 3. The molecule has 0 saturated heterocycles. The zero-order chi connectivity index (χ0) is 97.9. The van der Waals surface area contributed by atoms with Crippen LogP contribution >= 0.6 is 63.7 Å². The smallest absolute Gasteiger partial charge is 0.141 e. The molecule has 0 fully saturated rings. The quantitative estimate of drug-likeness (QED) is 0.122. The van der Waals surface area contributed by atoms with E-state index in [2.05, 4.69) is 321 Å². The number of para-hydroxylation sites is 1. The van der Waals surface area contributed by atoms with E-state index in [1.807, 2.05) is 96.1 Å². The van der Waals surface area contributed by atoms with Crippen molar-refractivity contribution >= 4 is 105 Å². The Morgan fingerprint density at radius 2 is 0.594 bits per heavy atom. The molecule has 0 bridgehead atoms. The van der Waals surface area contributed by atoms with E-state index in [-0.39, 0.29) is 34.5 Å². The van der Waals surface area contributed by atoms with Gasteiger partial charge < -0.3 is 30.3 Å². The molecular weight excluding hydrogens is 2150 g/mol. The molecule has 0 saturated carbocycles. The van der Waals surface area contributed by atoms with Crippen LogP contribution in [0.5, 0.6) is 17.2 Å². The zero-order valence-electron chi connectivity index (χ0n) is 84.5. The van der Waals surface area contributed by atoms with Gasteiger partial charge in [-0.15, -0.1) is 0 Å². The molecule has 12 aromatic rings. The molecule has 0 unspecified atom stereocenters. The predicted molar refractivity (Wildman–Crippen MR) is 573 cm³/mol. The second-order valence-corrected chi connectivity index (χ2v) is 48.3. The van der Waals surface area contributed by atoms with Crippen molar-refractivity contribution in [1.29, 1.82) is 0 Å². The topological polar surface area (TPSA) is 153 Å². The minimum absolute atomic E-state index is 0.239. The number of aryl methyl sites for hydroxylation is 12. The Balaban J connectivity index is 0.000000190. The van der Waals surface area contributed by atoms with Crippen LogP contribution in [0.25, 0.3) is 33.2 Å². The molecule has 3 N–H and O–H groups in total. The molecule has 4 aromatic heterocycles.